The summed E-state index contributed by atoms with van der Waals surface area (Å²) in [5.74, 6) is 1.61. The maximum absolute atomic E-state index is 6.17. The molecule has 0 atom stereocenters. The highest BCUT2D eigenvalue weighted by molar-refractivity contribution is 6.32. The molecule has 0 aliphatic carbocycles. The number of ether oxygens (including phenoxy) is 2. The van der Waals surface area contributed by atoms with Gasteiger partial charge in [0.25, 0.3) is 0 Å². The lowest BCUT2D eigenvalue weighted by Crippen LogP contribution is -1.95. The highest BCUT2D eigenvalue weighted by atomic mass is 35.5. The summed E-state index contributed by atoms with van der Waals surface area (Å²) in [4.78, 5) is 7.58. The number of rotatable bonds is 5. The fourth-order valence-corrected chi connectivity index (χ4v) is 2.65. The van der Waals surface area contributed by atoms with E-state index in [4.69, 9.17) is 21.1 Å². The van der Waals surface area contributed by atoms with Gasteiger partial charge in [-0.2, -0.15) is 5.10 Å². The molecule has 0 amide bonds. The maximum atomic E-state index is 6.17. The Morgan fingerprint density at radius 3 is 2.79 bits per heavy atom. The van der Waals surface area contributed by atoms with E-state index < -0.39 is 0 Å². The topological polar surface area (TPSA) is 71.5 Å². The predicted octanol–water partition coefficient (Wildman–Crippen LogP) is 3.99. The second kappa shape index (κ2) is 6.80. The van der Waals surface area contributed by atoms with Gasteiger partial charge in [0.1, 0.15) is 0 Å². The van der Waals surface area contributed by atoms with Gasteiger partial charge in [0, 0.05) is 0 Å². The molecular formula is C17H17ClN4O2. The molecule has 0 bridgehead atoms. The van der Waals surface area contributed by atoms with E-state index >= 15 is 0 Å². The molecule has 2 aromatic carbocycles. The van der Waals surface area contributed by atoms with Crippen molar-refractivity contribution in [3.63, 3.8) is 0 Å². The number of imidazole rings is 1. The maximum Gasteiger partial charge on any atom is 0.222 e. The average molecular weight is 345 g/mol. The number of aromatic amines is 1. The van der Waals surface area contributed by atoms with Crippen LogP contribution in [0.2, 0.25) is 5.02 Å². The average Bonchev–Trinajstić information content (AvgIpc) is 2.96. The summed E-state index contributed by atoms with van der Waals surface area (Å²) < 4.78 is 10.5. The molecule has 3 aromatic rings. The summed E-state index contributed by atoms with van der Waals surface area (Å²) in [6.45, 7) is 2.03. The first-order valence-electron chi connectivity index (χ1n) is 7.27. The summed E-state index contributed by atoms with van der Waals surface area (Å²) >= 11 is 6.17. The first-order chi connectivity index (χ1) is 11.6. The van der Waals surface area contributed by atoms with Gasteiger partial charge in [-0.05, 0) is 42.3 Å². The van der Waals surface area contributed by atoms with E-state index in [1.807, 2.05) is 25.1 Å². The molecule has 2 N–H and O–H groups in total. The molecule has 1 aromatic heterocycles. The lowest BCUT2D eigenvalue weighted by Gasteiger charge is -2.09. The van der Waals surface area contributed by atoms with Gasteiger partial charge in [-0.15, -0.1) is 0 Å². The molecule has 124 valence electrons. The summed E-state index contributed by atoms with van der Waals surface area (Å²) in [5.41, 5.74) is 6.66. The van der Waals surface area contributed by atoms with E-state index in [-0.39, 0.29) is 0 Å². The molecule has 0 spiro atoms. The SMILES string of the molecule is COc1cc(/C=N\Nc2nc3ccc(C)cc3[nH]2)cc(Cl)c1OC. The Hall–Kier alpha value is -2.73. The zero-order valence-corrected chi connectivity index (χ0v) is 14.3. The van der Waals surface area contributed by atoms with Crippen LogP contribution in [0.1, 0.15) is 11.1 Å². The molecule has 7 heteroatoms. The van der Waals surface area contributed by atoms with Crippen LogP contribution in [-0.4, -0.2) is 30.4 Å². The number of hydrazone groups is 1. The Balaban J connectivity index is 1.79. The molecule has 0 fully saturated rings. The van der Waals surface area contributed by atoms with E-state index in [1.165, 1.54) is 5.56 Å². The van der Waals surface area contributed by atoms with Crippen LogP contribution in [0.3, 0.4) is 0 Å². The molecule has 24 heavy (non-hydrogen) atoms. The minimum atomic E-state index is 0.456. The third-order valence-corrected chi connectivity index (χ3v) is 3.76. The molecule has 0 aliphatic rings. The zero-order valence-electron chi connectivity index (χ0n) is 13.6. The van der Waals surface area contributed by atoms with Gasteiger partial charge in [-0.1, -0.05) is 17.7 Å². The lowest BCUT2D eigenvalue weighted by atomic mass is 10.2. The van der Waals surface area contributed by atoms with Crippen molar-refractivity contribution in [2.24, 2.45) is 5.10 Å². The van der Waals surface area contributed by atoms with E-state index in [1.54, 1.807) is 32.6 Å². The van der Waals surface area contributed by atoms with Crippen molar-refractivity contribution in [3.05, 3.63) is 46.5 Å². The number of anilines is 1. The van der Waals surface area contributed by atoms with Crippen molar-refractivity contribution in [1.29, 1.82) is 0 Å². The van der Waals surface area contributed by atoms with Crippen molar-refractivity contribution in [3.8, 4) is 11.5 Å². The van der Waals surface area contributed by atoms with Gasteiger partial charge < -0.3 is 14.5 Å². The summed E-state index contributed by atoms with van der Waals surface area (Å²) in [6, 6.07) is 9.55. The lowest BCUT2D eigenvalue weighted by molar-refractivity contribution is 0.355. The molecule has 0 saturated carbocycles. The number of aromatic nitrogens is 2. The fraction of sp³-hybridized carbons (Fsp3) is 0.176. The quantitative estimate of drug-likeness (QED) is 0.542. The molecule has 0 unspecified atom stereocenters. The Morgan fingerprint density at radius 1 is 1.21 bits per heavy atom. The molecule has 1 heterocycles. The van der Waals surface area contributed by atoms with Gasteiger partial charge in [-0.3, -0.25) is 0 Å². The largest absolute Gasteiger partial charge is 0.493 e. The number of aryl methyl sites for hydroxylation is 1. The number of halogens is 1. The number of hydrogen-bond acceptors (Lipinski definition) is 5. The molecule has 0 saturated heterocycles. The Kier molecular flexibility index (Phi) is 4.57. The number of H-pyrrole nitrogens is 1. The second-order valence-electron chi connectivity index (χ2n) is 5.21. The normalized spacial score (nSPS) is 11.2. The fourth-order valence-electron chi connectivity index (χ4n) is 2.36. The first-order valence-corrected chi connectivity index (χ1v) is 7.65. The van der Waals surface area contributed by atoms with Gasteiger partial charge in [0.2, 0.25) is 5.95 Å². The van der Waals surface area contributed by atoms with Crippen LogP contribution in [0, 0.1) is 6.92 Å². The molecule has 3 rings (SSSR count). The van der Waals surface area contributed by atoms with Crippen molar-refractivity contribution in [2.45, 2.75) is 6.92 Å². The summed E-state index contributed by atoms with van der Waals surface area (Å²) in [6.07, 6.45) is 1.63. The Morgan fingerprint density at radius 2 is 2.04 bits per heavy atom. The molecular weight excluding hydrogens is 328 g/mol. The highest BCUT2D eigenvalue weighted by Gasteiger charge is 2.10. The predicted molar refractivity (Wildman–Crippen MR) is 96.6 cm³/mol. The van der Waals surface area contributed by atoms with Gasteiger partial charge in [-0.25, -0.2) is 10.4 Å². The van der Waals surface area contributed by atoms with E-state index in [9.17, 15) is 0 Å². The molecule has 6 nitrogen and oxygen atoms in total. The van der Waals surface area contributed by atoms with Crippen molar-refractivity contribution >= 4 is 34.8 Å². The number of fused-ring (bicyclic) bond motifs is 1. The van der Waals surface area contributed by atoms with Gasteiger partial charge in [0.05, 0.1) is 36.5 Å². The van der Waals surface area contributed by atoms with E-state index in [2.05, 4.69) is 20.5 Å². The van der Waals surface area contributed by atoms with E-state index in [0.29, 0.717) is 22.5 Å². The zero-order chi connectivity index (χ0) is 17.1. The first kappa shape index (κ1) is 16.1. The summed E-state index contributed by atoms with van der Waals surface area (Å²) in [5, 5.41) is 4.63. The van der Waals surface area contributed by atoms with Gasteiger partial charge >= 0.3 is 0 Å². The van der Waals surface area contributed by atoms with Gasteiger partial charge in [0.15, 0.2) is 11.5 Å². The van der Waals surface area contributed by atoms with Crippen LogP contribution >= 0.6 is 11.6 Å². The van der Waals surface area contributed by atoms with Crippen LogP contribution in [0.4, 0.5) is 5.95 Å². The number of hydrogen-bond donors (Lipinski definition) is 2. The van der Waals surface area contributed by atoms with Crippen molar-refractivity contribution < 1.29 is 9.47 Å². The highest BCUT2D eigenvalue weighted by Crippen LogP contribution is 2.35. The van der Waals surface area contributed by atoms with Crippen LogP contribution in [-0.2, 0) is 0 Å². The number of nitrogens with one attached hydrogen (secondary N) is 2. The third kappa shape index (κ3) is 3.28. The minimum Gasteiger partial charge on any atom is -0.493 e. The Bertz CT molecular complexity index is 905. The van der Waals surface area contributed by atoms with Crippen LogP contribution < -0.4 is 14.9 Å². The monoisotopic (exact) mass is 344 g/mol. The van der Waals surface area contributed by atoms with E-state index in [0.717, 1.165) is 16.6 Å². The smallest absolute Gasteiger partial charge is 0.222 e. The van der Waals surface area contributed by atoms with Crippen molar-refractivity contribution in [1.82, 2.24) is 9.97 Å². The molecule has 0 aliphatic heterocycles. The Labute approximate surface area is 144 Å². The summed E-state index contributed by atoms with van der Waals surface area (Å²) in [7, 11) is 3.10. The number of benzene rings is 2. The molecule has 0 radical (unpaired) electrons. The second-order valence-corrected chi connectivity index (χ2v) is 5.62. The number of nitrogens with zero attached hydrogens (tertiary/aromatic N) is 2. The standard InChI is InChI=1S/C17H17ClN4O2/c1-10-4-5-13-14(6-10)21-17(20-13)22-19-9-11-7-12(18)16(24-3)15(8-11)23-2/h4-9H,1-3H3,(H2,20,21,22)/b19-9-. The van der Waals surface area contributed by atoms with Crippen LogP contribution in [0.25, 0.3) is 11.0 Å². The number of methoxy groups -OCH3 is 2. The van der Waals surface area contributed by atoms with Crippen LogP contribution in [0.15, 0.2) is 35.4 Å². The van der Waals surface area contributed by atoms with Crippen molar-refractivity contribution in [2.75, 3.05) is 19.6 Å². The third-order valence-electron chi connectivity index (χ3n) is 3.48. The minimum absolute atomic E-state index is 0.456. The van der Waals surface area contributed by atoms with Crippen LogP contribution in [0.5, 0.6) is 11.5 Å².